The number of benzene rings is 1. The van der Waals surface area contributed by atoms with Crippen LogP contribution in [0, 0.1) is 19.7 Å². The molecule has 1 aromatic heterocycles. The Morgan fingerprint density at radius 1 is 1.48 bits per heavy atom. The first-order valence-corrected chi connectivity index (χ1v) is 7.07. The molecule has 0 amide bonds. The van der Waals surface area contributed by atoms with Crippen LogP contribution in [0.1, 0.15) is 17.0 Å². The van der Waals surface area contributed by atoms with Crippen LogP contribution in [-0.4, -0.2) is 15.7 Å². The molecule has 0 spiro atoms. The number of ether oxygens (including phenoxy) is 1. The van der Waals surface area contributed by atoms with Crippen molar-refractivity contribution in [2.75, 3.05) is 5.73 Å². The third kappa shape index (κ3) is 3.60. The van der Waals surface area contributed by atoms with Crippen molar-refractivity contribution in [3.63, 3.8) is 0 Å². The zero-order valence-electron chi connectivity index (χ0n) is 11.7. The summed E-state index contributed by atoms with van der Waals surface area (Å²) in [6.45, 7) is 3.62. The second-order valence-corrected chi connectivity index (χ2v) is 5.49. The summed E-state index contributed by atoms with van der Waals surface area (Å²) in [4.78, 5) is 11.8. The Balaban J connectivity index is 1.97. The molecular formula is C14H15BrFN3O2. The molecule has 0 saturated heterocycles. The van der Waals surface area contributed by atoms with Gasteiger partial charge in [-0.15, -0.1) is 0 Å². The number of anilines is 1. The summed E-state index contributed by atoms with van der Waals surface area (Å²) in [6, 6.07) is 4.20. The van der Waals surface area contributed by atoms with E-state index in [2.05, 4.69) is 21.0 Å². The van der Waals surface area contributed by atoms with Gasteiger partial charge in [0, 0.05) is 10.0 Å². The zero-order valence-corrected chi connectivity index (χ0v) is 13.3. The van der Waals surface area contributed by atoms with E-state index in [1.807, 2.05) is 0 Å². The predicted octanol–water partition coefficient (Wildman–Crippen LogP) is 2.73. The van der Waals surface area contributed by atoms with Gasteiger partial charge in [-0.05, 0) is 26.0 Å². The number of esters is 1. The third-order valence-electron chi connectivity index (χ3n) is 3.12. The molecule has 1 aromatic carbocycles. The van der Waals surface area contributed by atoms with Gasteiger partial charge in [-0.2, -0.15) is 5.10 Å². The highest BCUT2D eigenvalue weighted by Crippen LogP contribution is 2.19. The Bertz CT molecular complexity index is 685. The van der Waals surface area contributed by atoms with Crippen LogP contribution in [0.5, 0.6) is 0 Å². The van der Waals surface area contributed by atoms with Crippen molar-refractivity contribution in [3.05, 3.63) is 45.4 Å². The average molecular weight is 356 g/mol. The SMILES string of the molecule is Cc1nn(CC(=O)OCc2ccc(F)cc2Br)c(C)c1N. The quantitative estimate of drug-likeness (QED) is 0.856. The largest absolute Gasteiger partial charge is 0.459 e. The number of carbonyl (C=O) groups excluding carboxylic acids is 1. The van der Waals surface area contributed by atoms with Crippen LogP contribution in [0.2, 0.25) is 0 Å². The van der Waals surface area contributed by atoms with Crippen LogP contribution < -0.4 is 5.73 Å². The molecule has 0 fully saturated rings. The number of aromatic nitrogens is 2. The number of rotatable bonds is 4. The number of carbonyl (C=O) groups is 1. The van der Waals surface area contributed by atoms with Gasteiger partial charge in [0.05, 0.1) is 17.1 Å². The highest BCUT2D eigenvalue weighted by Gasteiger charge is 2.13. The maximum absolute atomic E-state index is 13.0. The third-order valence-corrected chi connectivity index (χ3v) is 3.86. The van der Waals surface area contributed by atoms with Crippen molar-refractivity contribution in [3.8, 4) is 0 Å². The lowest BCUT2D eigenvalue weighted by atomic mass is 10.2. The number of nitrogens with two attached hydrogens (primary N) is 1. The molecule has 1 heterocycles. The van der Waals surface area contributed by atoms with E-state index in [1.165, 1.54) is 16.8 Å². The fraction of sp³-hybridized carbons (Fsp3) is 0.286. The van der Waals surface area contributed by atoms with Crippen molar-refractivity contribution in [1.82, 2.24) is 9.78 Å². The van der Waals surface area contributed by atoms with Crippen molar-refractivity contribution >= 4 is 27.6 Å². The highest BCUT2D eigenvalue weighted by atomic mass is 79.9. The van der Waals surface area contributed by atoms with E-state index in [0.717, 1.165) is 5.69 Å². The minimum absolute atomic E-state index is 0.0112. The monoisotopic (exact) mass is 355 g/mol. The van der Waals surface area contributed by atoms with E-state index >= 15 is 0 Å². The first-order chi connectivity index (χ1) is 9.88. The molecule has 0 aliphatic heterocycles. The molecule has 0 unspecified atom stereocenters. The van der Waals surface area contributed by atoms with E-state index < -0.39 is 5.97 Å². The average Bonchev–Trinajstić information content (AvgIpc) is 2.65. The Kier molecular flexibility index (Phi) is 4.62. The van der Waals surface area contributed by atoms with Crippen molar-refractivity contribution in [2.45, 2.75) is 27.0 Å². The highest BCUT2D eigenvalue weighted by molar-refractivity contribution is 9.10. The van der Waals surface area contributed by atoms with Crippen molar-refractivity contribution < 1.29 is 13.9 Å². The maximum atomic E-state index is 13.0. The molecule has 2 N–H and O–H groups in total. The lowest BCUT2D eigenvalue weighted by Crippen LogP contribution is -2.16. The summed E-state index contributed by atoms with van der Waals surface area (Å²) in [5.41, 5.74) is 8.48. The van der Waals surface area contributed by atoms with Gasteiger partial charge in [-0.25, -0.2) is 4.39 Å². The summed E-state index contributed by atoms with van der Waals surface area (Å²) in [7, 11) is 0. The van der Waals surface area contributed by atoms with Crippen LogP contribution in [-0.2, 0) is 22.7 Å². The molecule has 21 heavy (non-hydrogen) atoms. The lowest BCUT2D eigenvalue weighted by Gasteiger charge is -2.08. The lowest BCUT2D eigenvalue weighted by molar-refractivity contribution is -0.145. The van der Waals surface area contributed by atoms with Gasteiger partial charge in [0.15, 0.2) is 0 Å². The molecule has 0 bridgehead atoms. The van der Waals surface area contributed by atoms with Gasteiger partial charge in [0.1, 0.15) is 19.0 Å². The van der Waals surface area contributed by atoms with Gasteiger partial charge in [-0.3, -0.25) is 9.48 Å². The summed E-state index contributed by atoms with van der Waals surface area (Å²) < 4.78 is 20.2. The minimum atomic E-state index is -0.433. The maximum Gasteiger partial charge on any atom is 0.328 e. The van der Waals surface area contributed by atoms with Gasteiger partial charge in [0.2, 0.25) is 0 Å². The Morgan fingerprint density at radius 3 is 2.76 bits per heavy atom. The number of hydrogen-bond acceptors (Lipinski definition) is 4. The summed E-state index contributed by atoms with van der Waals surface area (Å²) in [6.07, 6.45) is 0. The molecule has 112 valence electrons. The molecule has 0 radical (unpaired) electrons. The van der Waals surface area contributed by atoms with E-state index in [1.54, 1.807) is 19.9 Å². The normalized spacial score (nSPS) is 10.7. The molecule has 7 heteroatoms. The smallest absolute Gasteiger partial charge is 0.328 e. The van der Waals surface area contributed by atoms with Crippen LogP contribution >= 0.6 is 15.9 Å². The van der Waals surface area contributed by atoms with Gasteiger partial charge in [0.25, 0.3) is 0 Å². The molecule has 5 nitrogen and oxygen atoms in total. The van der Waals surface area contributed by atoms with E-state index in [4.69, 9.17) is 10.5 Å². The summed E-state index contributed by atoms with van der Waals surface area (Å²) >= 11 is 3.22. The second kappa shape index (κ2) is 6.26. The number of hydrogen-bond donors (Lipinski definition) is 1. The minimum Gasteiger partial charge on any atom is -0.459 e. The van der Waals surface area contributed by atoms with E-state index in [0.29, 0.717) is 21.4 Å². The number of halogens is 2. The van der Waals surface area contributed by atoms with Gasteiger partial charge >= 0.3 is 5.97 Å². The topological polar surface area (TPSA) is 70.1 Å². The predicted molar refractivity (Wildman–Crippen MR) is 80.0 cm³/mol. The molecule has 0 aliphatic rings. The van der Waals surface area contributed by atoms with Gasteiger partial charge < -0.3 is 10.5 Å². The van der Waals surface area contributed by atoms with E-state index in [9.17, 15) is 9.18 Å². The molecule has 0 atom stereocenters. The number of nitrogen functional groups attached to an aromatic ring is 1. The Morgan fingerprint density at radius 2 is 2.19 bits per heavy atom. The molecule has 2 rings (SSSR count). The Labute approximate surface area is 130 Å². The molecular weight excluding hydrogens is 341 g/mol. The number of nitrogens with zero attached hydrogens (tertiary/aromatic N) is 2. The zero-order chi connectivity index (χ0) is 15.6. The summed E-state index contributed by atoms with van der Waals surface area (Å²) in [5, 5.41) is 4.17. The van der Waals surface area contributed by atoms with Crippen molar-refractivity contribution in [2.24, 2.45) is 0 Å². The summed E-state index contributed by atoms with van der Waals surface area (Å²) in [5.74, 6) is -0.785. The Hall–Kier alpha value is -1.89. The standard InChI is InChI=1S/C14H15BrFN3O2/c1-8-14(17)9(2)19(18-8)6-13(20)21-7-10-3-4-11(16)5-12(10)15/h3-5H,6-7,17H2,1-2H3. The van der Waals surface area contributed by atoms with Gasteiger partial charge in [-0.1, -0.05) is 22.0 Å². The fourth-order valence-corrected chi connectivity index (χ4v) is 2.29. The van der Waals surface area contributed by atoms with Crippen LogP contribution in [0.15, 0.2) is 22.7 Å². The van der Waals surface area contributed by atoms with Crippen LogP contribution in [0.4, 0.5) is 10.1 Å². The van der Waals surface area contributed by atoms with E-state index in [-0.39, 0.29) is 19.0 Å². The van der Waals surface area contributed by atoms with Crippen LogP contribution in [0.25, 0.3) is 0 Å². The molecule has 2 aromatic rings. The first-order valence-electron chi connectivity index (χ1n) is 6.27. The van der Waals surface area contributed by atoms with Crippen LogP contribution in [0.3, 0.4) is 0 Å². The fourth-order valence-electron chi connectivity index (χ4n) is 1.83. The van der Waals surface area contributed by atoms with Crippen molar-refractivity contribution in [1.29, 1.82) is 0 Å². The molecule has 0 aliphatic carbocycles. The molecule has 0 saturated carbocycles. The number of aryl methyl sites for hydroxylation is 1. The second-order valence-electron chi connectivity index (χ2n) is 4.64. The first kappa shape index (κ1) is 15.5.